The van der Waals surface area contributed by atoms with Gasteiger partial charge in [0.25, 0.3) is 0 Å². The van der Waals surface area contributed by atoms with Gasteiger partial charge in [0.05, 0.1) is 12.3 Å². The molecule has 0 spiro atoms. The number of rotatable bonds is 10. The predicted octanol–water partition coefficient (Wildman–Crippen LogP) is 10.9. The van der Waals surface area contributed by atoms with E-state index in [-0.39, 0.29) is 5.92 Å². The summed E-state index contributed by atoms with van der Waals surface area (Å²) in [5.41, 5.74) is 11.1. The number of pyridine rings is 1. The van der Waals surface area contributed by atoms with E-state index in [9.17, 15) is 0 Å². The minimum absolute atomic E-state index is 0.0797. The Balaban J connectivity index is 1.41. The monoisotopic (exact) mass is 597 g/mol. The molecule has 0 saturated heterocycles. The zero-order chi connectivity index (χ0) is 31.7. The number of hydrogen-bond donors (Lipinski definition) is 0. The lowest BCUT2D eigenvalue weighted by atomic mass is 9.89. The van der Waals surface area contributed by atoms with Crippen LogP contribution in [0.2, 0.25) is 0 Å². The van der Waals surface area contributed by atoms with Crippen molar-refractivity contribution in [3.63, 3.8) is 0 Å². The van der Waals surface area contributed by atoms with E-state index in [1.807, 2.05) is 12.3 Å². The van der Waals surface area contributed by atoms with Gasteiger partial charge < -0.3 is 0 Å². The Morgan fingerprint density at radius 3 is 2.61 bits per heavy atom. The fourth-order valence-electron chi connectivity index (χ4n) is 6.01. The largest absolute Gasteiger partial charge is 0.280 e. The van der Waals surface area contributed by atoms with Crippen molar-refractivity contribution in [3.05, 3.63) is 173 Å². The Bertz CT molecular complexity index is 2000. The molecule has 0 aliphatic heterocycles. The van der Waals surface area contributed by atoms with Gasteiger partial charge in [-0.3, -0.25) is 15.0 Å². The van der Waals surface area contributed by atoms with Gasteiger partial charge in [-0.25, -0.2) is 0 Å². The molecule has 0 bridgehead atoms. The van der Waals surface area contributed by atoms with Gasteiger partial charge in [-0.15, -0.1) is 0 Å². The normalized spacial score (nSPS) is 15.3. The summed E-state index contributed by atoms with van der Waals surface area (Å²) < 4.78 is 0. The Kier molecular flexibility index (Phi) is 9.70. The van der Waals surface area contributed by atoms with Gasteiger partial charge in [0.2, 0.25) is 0 Å². The van der Waals surface area contributed by atoms with E-state index in [1.165, 1.54) is 33.0 Å². The van der Waals surface area contributed by atoms with E-state index in [2.05, 4.69) is 158 Å². The SMILES string of the molecule is C=N/C(=C\C(=NCc1ccc(/C=C\CC)c(C)c1)c1cccc(-c2cccc3ccccc23)c1)C1C=C(c2cccnc2)C=CC1. The van der Waals surface area contributed by atoms with Crippen LogP contribution in [0.25, 0.3) is 33.5 Å². The van der Waals surface area contributed by atoms with E-state index in [4.69, 9.17) is 4.99 Å². The highest BCUT2D eigenvalue weighted by atomic mass is 14.8. The third kappa shape index (κ3) is 7.11. The van der Waals surface area contributed by atoms with Crippen molar-refractivity contribution in [1.29, 1.82) is 0 Å². The molecular weight excluding hydrogens is 558 g/mol. The molecule has 0 amide bonds. The van der Waals surface area contributed by atoms with Crippen molar-refractivity contribution in [2.75, 3.05) is 0 Å². The smallest absolute Gasteiger partial charge is 0.0669 e. The minimum Gasteiger partial charge on any atom is -0.280 e. The zero-order valence-electron chi connectivity index (χ0n) is 26.6. The maximum Gasteiger partial charge on any atom is 0.0669 e. The molecular formula is C43H39N3. The average Bonchev–Trinajstić information content (AvgIpc) is 3.11. The van der Waals surface area contributed by atoms with Crippen molar-refractivity contribution in [2.24, 2.45) is 15.9 Å². The molecule has 3 heteroatoms. The summed E-state index contributed by atoms with van der Waals surface area (Å²) >= 11 is 0. The molecule has 0 fully saturated rings. The number of nitrogens with zero attached hydrogens (tertiary/aromatic N) is 3. The van der Waals surface area contributed by atoms with Crippen LogP contribution in [0.4, 0.5) is 0 Å². The second kappa shape index (κ2) is 14.6. The lowest BCUT2D eigenvalue weighted by Crippen LogP contribution is -2.07. The number of hydrogen-bond acceptors (Lipinski definition) is 3. The van der Waals surface area contributed by atoms with Crippen molar-refractivity contribution < 1.29 is 0 Å². The molecule has 226 valence electrons. The van der Waals surface area contributed by atoms with E-state index in [1.54, 1.807) is 6.20 Å². The Hall–Kier alpha value is -5.41. The molecule has 46 heavy (non-hydrogen) atoms. The van der Waals surface area contributed by atoms with Crippen LogP contribution in [0, 0.1) is 12.8 Å². The van der Waals surface area contributed by atoms with Crippen LogP contribution in [0.1, 0.15) is 47.6 Å². The number of aromatic nitrogens is 1. The van der Waals surface area contributed by atoms with Crippen LogP contribution >= 0.6 is 0 Å². The fourth-order valence-corrected chi connectivity index (χ4v) is 6.01. The average molecular weight is 598 g/mol. The molecule has 0 radical (unpaired) electrons. The number of fused-ring (bicyclic) bond motifs is 1. The number of allylic oxidation sites excluding steroid dienone is 6. The Labute approximate surface area is 272 Å². The fraction of sp³-hybridized carbons (Fsp3) is 0.140. The molecule has 1 aliphatic carbocycles. The van der Waals surface area contributed by atoms with E-state index in [0.29, 0.717) is 6.54 Å². The van der Waals surface area contributed by atoms with Crippen LogP contribution < -0.4 is 0 Å². The van der Waals surface area contributed by atoms with Gasteiger partial charge in [0.1, 0.15) is 0 Å². The molecule has 5 aromatic rings. The van der Waals surface area contributed by atoms with Crippen LogP contribution in [0.15, 0.2) is 156 Å². The van der Waals surface area contributed by atoms with Crippen molar-refractivity contribution in [1.82, 2.24) is 4.98 Å². The Morgan fingerprint density at radius 2 is 1.78 bits per heavy atom. The second-order valence-electron chi connectivity index (χ2n) is 11.6. The lowest BCUT2D eigenvalue weighted by Gasteiger charge is -2.18. The first-order valence-electron chi connectivity index (χ1n) is 16.0. The van der Waals surface area contributed by atoms with Gasteiger partial charge in [0.15, 0.2) is 0 Å². The first-order valence-corrected chi connectivity index (χ1v) is 16.0. The van der Waals surface area contributed by atoms with Crippen molar-refractivity contribution >= 4 is 34.9 Å². The number of aryl methyl sites for hydroxylation is 1. The van der Waals surface area contributed by atoms with Gasteiger partial charge in [-0.1, -0.05) is 122 Å². The molecule has 3 nitrogen and oxygen atoms in total. The van der Waals surface area contributed by atoms with Crippen molar-refractivity contribution in [3.8, 4) is 11.1 Å². The summed E-state index contributed by atoms with van der Waals surface area (Å²) in [4.78, 5) is 14.1. The summed E-state index contributed by atoms with van der Waals surface area (Å²) in [6, 6.07) is 34.4. The van der Waals surface area contributed by atoms with Crippen LogP contribution in [0.3, 0.4) is 0 Å². The van der Waals surface area contributed by atoms with Crippen molar-refractivity contribution in [2.45, 2.75) is 33.2 Å². The number of aliphatic imine (C=N–C) groups is 2. The molecule has 6 rings (SSSR count). The molecule has 1 heterocycles. The molecule has 1 atom stereocenters. The predicted molar refractivity (Wildman–Crippen MR) is 197 cm³/mol. The molecule has 1 unspecified atom stereocenters. The zero-order valence-corrected chi connectivity index (χ0v) is 26.6. The van der Waals surface area contributed by atoms with E-state index < -0.39 is 0 Å². The highest BCUT2D eigenvalue weighted by Gasteiger charge is 2.17. The molecule has 0 saturated carbocycles. The number of benzene rings is 4. The first kappa shape index (κ1) is 30.6. The van der Waals surface area contributed by atoms with Crippen LogP contribution in [-0.2, 0) is 6.54 Å². The standard InChI is InChI=1S/C43H39N3/c1-4-5-12-33-23-22-32(25-31(33)2)29-46-43(28-42(44-3)37-17-8-15-35(26-37)39-19-11-24-45-30-39)38-18-9-16-36(27-38)41-21-10-14-34-13-6-7-20-40(34)41/h5-16,18-28,30,37H,3-4,17,29H2,1-2H3/b12-5-,42-28-,46-43?. The molecule has 4 aromatic carbocycles. The maximum absolute atomic E-state index is 5.24. The lowest BCUT2D eigenvalue weighted by molar-refractivity contribution is 0.762. The summed E-state index contributed by atoms with van der Waals surface area (Å²) in [6.07, 6.45) is 18.7. The van der Waals surface area contributed by atoms with Crippen LogP contribution in [0.5, 0.6) is 0 Å². The third-order valence-electron chi connectivity index (χ3n) is 8.47. The Morgan fingerprint density at radius 1 is 0.935 bits per heavy atom. The molecule has 1 aromatic heterocycles. The first-order chi connectivity index (χ1) is 22.6. The highest BCUT2D eigenvalue weighted by molar-refractivity contribution is 6.10. The van der Waals surface area contributed by atoms with E-state index >= 15 is 0 Å². The maximum atomic E-state index is 5.24. The van der Waals surface area contributed by atoms with Gasteiger partial charge in [-0.05, 0) is 94.4 Å². The minimum atomic E-state index is 0.0797. The quantitative estimate of drug-likeness (QED) is 0.148. The van der Waals surface area contributed by atoms with Gasteiger partial charge in [0, 0.05) is 29.6 Å². The van der Waals surface area contributed by atoms with E-state index in [0.717, 1.165) is 46.5 Å². The van der Waals surface area contributed by atoms with Gasteiger partial charge >= 0.3 is 0 Å². The summed E-state index contributed by atoms with van der Waals surface area (Å²) in [7, 11) is 0. The second-order valence-corrected chi connectivity index (χ2v) is 11.6. The molecule has 0 N–H and O–H groups in total. The van der Waals surface area contributed by atoms with Crippen LogP contribution in [-0.4, -0.2) is 17.4 Å². The summed E-state index contributed by atoms with van der Waals surface area (Å²) in [6.45, 7) is 8.89. The summed E-state index contributed by atoms with van der Waals surface area (Å²) in [5.74, 6) is 0.0797. The topological polar surface area (TPSA) is 37.6 Å². The molecule has 1 aliphatic rings. The highest BCUT2D eigenvalue weighted by Crippen LogP contribution is 2.32. The third-order valence-corrected chi connectivity index (χ3v) is 8.47. The summed E-state index contributed by atoms with van der Waals surface area (Å²) in [5, 5.41) is 2.46. The van der Waals surface area contributed by atoms with Gasteiger partial charge in [-0.2, -0.15) is 0 Å².